The molecule has 0 aliphatic rings. The van der Waals surface area contributed by atoms with Gasteiger partial charge in [-0.25, -0.2) is 4.79 Å². The largest absolute Gasteiger partial charge is 0.493 e. The molecule has 0 aliphatic carbocycles. The Morgan fingerprint density at radius 2 is 1.10 bits per heavy atom. The van der Waals surface area contributed by atoms with Crippen LogP contribution in [0.4, 0.5) is 0 Å². The number of rotatable bonds is 27. The van der Waals surface area contributed by atoms with E-state index in [0.29, 0.717) is 48.2 Å². The number of esters is 1. The molecule has 0 saturated carbocycles. The van der Waals surface area contributed by atoms with Crippen molar-refractivity contribution in [1.29, 1.82) is 0 Å². The summed E-state index contributed by atoms with van der Waals surface area (Å²) < 4.78 is 29.4. The second kappa shape index (κ2) is 24.5. The summed E-state index contributed by atoms with van der Waals surface area (Å²) in [6.07, 6.45) is 21.3. The third-order valence-electron chi connectivity index (χ3n) is 8.49. The molecule has 0 heterocycles. The molecule has 0 spiro atoms. The van der Waals surface area contributed by atoms with Crippen LogP contribution in [0.15, 0.2) is 72.8 Å². The molecule has 0 fully saturated rings. The zero-order valence-electron chi connectivity index (χ0n) is 29.9. The number of unbranched alkanes of at least 4 members (excludes halogenated alkanes) is 15. The van der Waals surface area contributed by atoms with Crippen LogP contribution in [0.25, 0.3) is 0 Å². The highest BCUT2D eigenvalue weighted by molar-refractivity contribution is 5.90. The smallest absolute Gasteiger partial charge is 0.338 e. The van der Waals surface area contributed by atoms with E-state index in [4.69, 9.17) is 23.7 Å². The molecule has 0 saturated heterocycles. The summed E-state index contributed by atoms with van der Waals surface area (Å²) in [7, 11) is 1.37. The fourth-order valence-corrected chi connectivity index (χ4v) is 5.67. The average Bonchev–Trinajstić information content (AvgIpc) is 3.12. The molecule has 1 unspecified atom stereocenters. The summed E-state index contributed by atoms with van der Waals surface area (Å²) in [6, 6.07) is 22.7. The second-order valence-corrected chi connectivity index (χ2v) is 12.7. The third kappa shape index (κ3) is 16.4. The molecule has 0 bridgehead atoms. The highest BCUT2D eigenvalue weighted by atomic mass is 16.7. The Bertz CT molecular complexity index is 1260. The Morgan fingerprint density at radius 3 is 1.71 bits per heavy atom. The number of hydrogen-bond acceptors (Lipinski definition) is 6. The minimum absolute atomic E-state index is 0.378. The van der Waals surface area contributed by atoms with Crippen LogP contribution in [-0.2, 0) is 11.3 Å². The van der Waals surface area contributed by atoms with Crippen molar-refractivity contribution in [2.45, 2.75) is 136 Å². The Labute approximate surface area is 290 Å². The molecule has 3 aromatic carbocycles. The van der Waals surface area contributed by atoms with Crippen molar-refractivity contribution < 1.29 is 28.5 Å². The van der Waals surface area contributed by atoms with Gasteiger partial charge in [0.1, 0.15) is 29.6 Å². The summed E-state index contributed by atoms with van der Waals surface area (Å²) in [5.74, 6) is 1.98. The van der Waals surface area contributed by atoms with Crippen LogP contribution in [0.2, 0.25) is 0 Å². The van der Waals surface area contributed by atoms with E-state index in [2.05, 4.69) is 6.92 Å². The van der Waals surface area contributed by atoms with Crippen molar-refractivity contribution in [2.24, 2.45) is 0 Å². The van der Waals surface area contributed by atoms with E-state index in [1.54, 1.807) is 12.1 Å². The standard InChI is InChI=1S/C42H60O6/c1-4-6-7-8-9-10-11-12-13-14-15-16-17-18-19-23-29-45-39-30-36(42(43)44-3)31-40(33-39)48-41(5-2)47-38-28-24-27-37(32-38)46-34-35-25-21-20-22-26-35/h20-22,24-28,30-33,41H,4-19,23,29,34H2,1-3H3. The van der Waals surface area contributed by atoms with Gasteiger partial charge in [0.25, 0.3) is 0 Å². The maximum Gasteiger partial charge on any atom is 0.338 e. The van der Waals surface area contributed by atoms with Crippen molar-refractivity contribution in [2.75, 3.05) is 13.7 Å². The van der Waals surface area contributed by atoms with Gasteiger partial charge in [0.15, 0.2) is 0 Å². The van der Waals surface area contributed by atoms with Gasteiger partial charge in [0.2, 0.25) is 6.29 Å². The minimum atomic E-state index is -0.574. The van der Waals surface area contributed by atoms with Crippen LogP contribution in [0.3, 0.4) is 0 Å². The van der Waals surface area contributed by atoms with E-state index < -0.39 is 12.3 Å². The normalized spacial score (nSPS) is 11.6. The molecule has 6 heteroatoms. The molecule has 0 amide bonds. The molecule has 0 aliphatic heterocycles. The average molecular weight is 661 g/mol. The predicted molar refractivity (Wildman–Crippen MR) is 195 cm³/mol. The van der Waals surface area contributed by atoms with Gasteiger partial charge in [-0.1, -0.05) is 147 Å². The zero-order valence-corrected chi connectivity index (χ0v) is 29.9. The summed E-state index contributed by atoms with van der Waals surface area (Å²) in [5.41, 5.74) is 1.47. The molecular weight excluding hydrogens is 600 g/mol. The van der Waals surface area contributed by atoms with Crippen molar-refractivity contribution in [3.8, 4) is 23.0 Å². The molecule has 0 radical (unpaired) electrons. The minimum Gasteiger partial charge on any atom is -0.493 e. The fourth-order valence-electron chi connectivity index (χ4n) is 5.67. The van der Waals surface area contributed by atoms with Crippen LogP contribution < -0.4 is 18.9 Å². The van der Waals surface area contributed by atoms with E-state index in [9.17, 15) is 4.79 Å². The topological polar surface area (TPSA) is 63.2 Å². The lowest BCUT2D eigenvalue weighted by molar-refractivity contribution is 0.00283. The van der Waals surface area contributed by atoms with Crippen LogP contribution >= 0.6 is 0 Å². The SMILES string of the molecule is CCCCCCCCCCCCCCCCCCOc1cc(OC(CC)Oc2cccc(OCc3ccccc3)c2)cc(C(=O)OC)c1. The van der Waals surface area contributed by atoms with Gasteiger partial charge in [-0.05, 0) is 36.2 Å². The van der Waals surface area contributed by atoms with Crippen LogP contribution in [0.1, 0.15) is 139 Å². The predicted octanol–water partition coefficient (Wildman–Crippen LogP) is 11.9. The van der Waals surface area contributed by atoms with Crippen molar-refractivity contribution in [3.63, 3.8) is 0 Å². The second-order valence-electron chi connectivity index (χ2n) is 12.7. The summed E-state index contributed by atoms with van der Waals surface area (Å²) in [4.78, 5) is 12.4. The van der Waals surface area contributed by atoms with E-state index >= 15 is 0 Å². The van der Waals surface area contributed by atoms with Crippen LogP contribution in [0.5, 0.6) is 23.0 Å². The van der Waals surface area contributed by atoms with Gasteiger partial charge in [-0.15, -0.1) is 0 Å². The van der Waals surface area contributed by atoms with Crippen LogP contribution in [-0.4, -0.2) is 26.0 Å². The lowest BCUT2D eigenvalue weighted by atomic mass is 10.0. The first-order valence-electron chi connectivity index (χ1n) is 18.6. The van der Waals surface area contributed by atoms with Crippen molar-refractivity contribution >= 4 is 5.97 Å². The van der Waals surface area contributed by atoms with Gasteiger partial charge in [-0.2, -0.15) is 0 Å². The maximum atomic E-state index is 12.4. The maximum absolute atomic E-state index is 12.4. The molecule has 3 aromatic rings. The Hall–Kier alpha value is -3.67. The van der Waals surface area contributed by atoms with Gasteiger partial charge < -0.3 is 23.7 Å². The summed E-state index contributed by atoms with van der Waals surface area (Å²) >= 11 is 0. The first-order valence-corrected chi connectivity index (χ1v) is 18.6. The van der Waals surface area contributed by atoms with Gasteiger partial charge in [0.05, 0.1) is 19.3 Å². The highest BCUT2D eigenvalue weighted by Gasteiger charge is 2.15. The van der Waals surface area contributed by atoms with Crippen molar-refractivity contribution in [1.82, 2.24) is 0 Å². The number of ether oxygens (including phenoxy) is 5. The molecule has 0 aromatic heterocycles. The number of carbonyl (C=O) groups excluding carboxylic acids is 1. The monoisotopic (exact) mass is 660 g/mol. The fraction of sp³-hybridized carbons (Fsp3) is 0.548. The molecular formula is C42H60O6. The van der Waals surface area contributed by atoms with E-state index in [1.165, 1.54) is 97.0 Å². The van der Waals surface area contributed by atoms with E-state index in [-0.39, 0.29) is 0 Å². The lowest BCUT2D eigenvalue weighted by Crippen LogP contribution is -2.23. The molecule has 6 nitrogen and oxygen atoms in total. The Balaban J connectivity index is 1.36. The molecule has 1 atom stereocenters. The molecule has 3 rings (SSSR count). The number of benzene rings is 3. The quantitative estimate of drug-likeness (QED) is 0.0461. The van der Waals surface area contributed by atoms with Gasteiger partial charge in [0, 0.05) is 18.6 Å². The van der Waals surface area contributed by atoms with Crippen LogP contribution in [0, 0.1) is 0 Å². The van der Waals surface area contributed by atoms with Gasteiger partial charge in [-0.3, -0.25) is 0 Å². The van der Waals surface area contributed by atoms with E-state index in [1.807, 2.05) is 67.6 Å². The molecule has 0 N–H and O–H groups in total. The van der Waals surface area contributed by atoms with Crippen molar-refractivity contribution in [3.05, 3.63) is 83.9 Å². The number of methoxy groups -OCH3 is 1. The van der Waals surface area contributed by atoms with E-state index in [0.717, 1.165) is 18.4 Å². The first-order chi connectivity index (χ1) is 23.6. The lowest BCUT2D eigenvalue weighted by Gasteiger charge is -2.20. The Kier molecular flexibility index (Phi) is 19.8. The third-order valence-corrected chi connectivity index (χ3v) is 8.49. The molecule has 264 valence electrons. The highest BCUT2D eigenvalue weighted by Crippen LogP contribution is 2.27. The zero-order chi connectivity index (χ0) is 34.1. The molecule has 48 heavy (non-hydrogen) atoms. The number of carbonyl (C=O) groups is 1. The number of hydrogen-bond donors (Lipinski definition) is 0. The summed E-state index contributed by atoms with van der Waals surface area (Å²) in [6.45, 7) is 5.33. The first kappa shape index (κ1) is 38.8. The Morgan fingerprint density at radius 1 is 0.562 bits per heavy atom. The summed E-state index contributed by atoms with van der Waals surface area (Å²) in [5, 5.41) is 0. The van der Waals surface area contributed by atoms with Gasteiger partial charge >= 0.3 is 5.97 Å².